The third-order valence-corrected chi connectivity index (χ3v) is 5.39. The number of halogens is 3. The fraction of sp³-hybridized carbons (Fsp3) is 0.500. The summed E-state index contributed by atoms with van der Waals surface area (Å²) in [5.74, 6) is -1.30. The summed E-state index contributed by atoms with van der Waals surface area (Å²) < 4.78 is 38.7. The highest BCUT2D eigenvalue weighted by Gasteiger charge is 2.41. The summed E-state index contributed by atoms with van der Waals surface area (Å²) in [6.45, 7) is 0.981. The number of nitrogens with zero attached hydrogens (tertiary/aromatic N) is 4. The molecular formula is C18H20F3N5O2. The van der Waals surface area contributed by atoms with Crippen LogP contribution in [-0.2, 0) is 17.6 Å². The minimum Gasteiger partial charge on any atom is -0.493 e. The number of rotatable bonds is 3. The van der Waals surface area contributed by atoms with Gasteiger partial charge in [0.1, 0.15) is 0 Å². The summed E-state index contributed by atoms with van der Waals surface area (Å²) in [7, 11) is 0. The Morgan fingerprint density at radius 2 is 2.11 bits per heavy atom. The van der Waals surface area contributed by atoms with Gasteiger partial charge in [-0.2, -0.15) is 23.0 Å². The fourth-order valence-electron chi connectivity index (χ4n) is 3.99. The highest BCUT2D eigenvalue weighted by Crippen LogP contribution is 2.33. The van der Waals surface area contributed by atoms with Gasteiger partial charge in [-0.05, 0) is 37.8 Å². The van der Waals surface area contributed by atoms with Crippen molar-refractivity contribution < 1.29 is 23.1 Å². The van der Waals surface area contributed by atoms with Gasteiger partial charge >= 0.3 is 12.1 Å². The second kappa shape index (κ2) is 7.08. The fourth-order valence-corrected chi connectivity index (χ4v) is 3.99. The predicted octanol–water partition coefficient (Wildman–Crippen LogP) is 1.58. The highest BCUT2D eigenvalue weighted by atomic mass is 19.4. The molecule has 1 amide bonds. The summed E-state index contributed by atoms with van der Waals surface area (Å²) >= 11 is 0. The lowest BCUT2D eigenvalue weighted by atomic mass is 9.92. The molecule has 1 aliphatic heterocycles. The Kier molecular flexibility index (Phi) is 4.74. The van der Waals surface area contributed by atoms with E-state index in [2.05, 4.69) is 20.3 Å². The first-order chi connectivity index (χ1) is 13.3. The van der Waals surface area contributed by atoms with Crippen molar-refractivity contribution in [2.24, 2.45) is 0 Å². The summed E-state index contributed by atoms with van der Waals surface area (Å²) in [6, 6.07) is 4.92. The van der Waals surface area contributed by atoms with Crippen LogP contribution in [0.1, 0.15) is 24.1 Å². The van der Waals surface area contributed by atoms with Crippen molar-refractivity contribution in [2.75, 3.05) is 13.1 Å². The average molecular weight is 395 g/mol. The summed E-state index contributed by atoms with van der Waals surface area (Å²) in [5, 5.41) is 17.1. The monoisotopic (exact) mass is 395 g/mol. The SMILES string of the molecule is O=C(NC1CCN(C2CCc3nn(-c4ccccn4)c(O)c3C2)C1)C(F)(F)F. The number of carbonyl (C=O) groups excluding carboxylic acids is 1. The van der Waals surface area contributed by atoms with E-state index in [1.807, 2.05) is 6.07 Å². The normalized spacial score (nSPS) is 22.8. The lowest BCUT2D eigenvalue weighted by Crippen LogP contribution is -2.45. The van der Waals surface area contributed by atoms with E-state index in [-0.39, 0.29) is 11.9 Å². The van der Waals surface area contributed by atoms with Gasteiger partial charge in [-0.1, -0.05) is 6.07 Å². The first kappa shape index (κ1) is 18.7. The number of fused-ring (bicyclic) bond motifs is 1. The van der Waals surface area contributed by atoms with Gasteiger partial charge in [0.05, 0.1) is 5.69 Å². The maximum Gasteiger partial charge on any atom is 0.471 e. The van der Waals surface area contributed by atoms with Crippen LogP contribution in [0.15, 0.2) is 24.4 Å². The first-order valence-corrected chi connectivity index (χ1v) is 9.16. The maximum absolute atomic E-state index is 12.4. The molecule has 2 N–H and O–H groups in total. The lowest BCUT2D eigenvalue weighted by molar-refractivity contribution is -0.174. The van der Waals surface area contributed by atoms with Crippen LogP contribution in [0.3, 0.4) is 0 Å². The molecule has 2 aliphatic rings. The molecule has 3 heterocycles. The van der Waals surface area contributed by atoms with Crippen LogP contribution in [0, 0.1) is 0 Å². The molecule has 0 spiro atoms. The molecule has 150 valence electrons. The third-order valence-electron chi connectivity index (χ3n) is 5.39. The van der Waals surface area contributed by atoms with Crippen molar-refractivity contribution >= 4 is 5.91 Å². The maximum atomic E-state index is 12.4. The Hall–Kier alpha value is -2.62. The van der Waals surface area contributed by atoms with Crippen molar-refractivity contribution in [3.63, 3.8) is 0 Å². The lowest BCUT2D eigenvalue weighted by Gasteiger charge is -2.30. The molecule has 1 fully saturated rings. The van der Waals surface area contributed by atoms with E-state index in [4.69, 9.17) is 0 Å². The molecular weight excluding hydrogens is 375 g/mol. The second-order valence-electron chi connectivity index (χ2n) is 7.20. The van der Waals surface area contributed by atoms with Crippen molar-refractivity contribution in [3.05, 3.63) is 35.7 Å². The Morgan fingerprint density at radius 3 is 2.82 bits per heavy atom. The average Bonchev–Trinajstić information content (AvgIpc) is 3.26. The van der Waals surface area contributed by atoms with Crippen LogP contribution in [0.2, 0.25) is 0 Å². The smallest absolute Gasteiger partial charge is 0.471 e. The van der Waals surface area contributed by atoms with E-state index >= 15 is 0 Å². The number of alkyl halides is 3. The number of aromatic hydroxyl groups is 1. The molecule has 10 heteroatoms. The zero-order valence-corrected chi connectivity index (χ0v) is 15.0. The Labute approximate surface area is 159 Å². The molecule has 1 aliphatic carbocycles. The minimum absolute atomic E-state index is 0.0551. The van der Waals surface area contributed by atoms with Gasteiger partial charge in [0.2, 0.25) is 5.88 Å². The van der Waals surface area contributed by atoms with E-state index in [0.717, 1.165) is 17.7 Å². The predicted molar refractivity (Wildman–Crippen MR) is 93.0 cm³/mol. The molecule has 0 saturated carbocycles. The van der Waals surface area contributed by atoms with Gasteiger partial charge in [0.15, 0.2) is 5.82 Å². The van der Waals surface area contributed by atoms with Crippen LogP contribution in [0.5, 0.6) is 5.88 Å². The van der Waals surface area contributed by atoms with Crippen LogP contribution in [-0.4, -0.2) is 62.0 Å². The first-order valence-electron chi connectivity index (χ1n) is 9.16. The summed E-state index contributed by atoms with van der Waals surface area (Å²) in [6.07, 6.45) is -0.732. The molecule has 0 radical (unpaired) electrons. The molecule has 1 saturated heterocycles. The number of aryl methyl sites for hydroxylation is 1. The minimum atomic E-state index is -4.86. The number of pyridine rings is 1. The molecule has 0 bridgehead atoms. The molecule has 28 heavy (non-hydrogen) atoms. The van der Waals surface area contributed by atoms with E-state index in [1.165, 1.54) is 4.68 Å². The number of carbonyl (C=O) groups is 1. The van der Waals surface area contributed by atoms with Crippen LogP contribution >= 0.6 is 0 Å². The number of nitrogens with one attached hydrogen (secondary N) is 1. The molecule has 0 aromatic carbocycles. The van der Waals surface area contributed by atoms with E-state index < -0.39 is 18.1 Å². The van der Waals surface area contributed by atoms with E-state index in [0.29, 0.717) is 38.2 Å². The number of aromatic nitrogens is 3. The van der Waals surface area contributed by atoms with Crippen molar-refractivity contribution in [2.45, 2.75) is 43.9 Å². The Balaban J connectivity index is 1.44. The number of likely N-dealkylation sites (tertiary alicyclic amines) is 1. The van der Waals surface area contributed by atoms with Gasteiger partial charge in [-0.25, -0.2) is 4.98 Å². The standard InChI is InChI=1S/C18H20F3N5O2/c19-18(20,21)17(28)23-11-6-8-25(10-11)12-4-5-14-13(9-12)16(27)26(24-14)15-3-1-2-7-22-15/h1-3,7,11-12,27H,4-6,8-10H2,(H,23,28). The number of hydrogen-bond acceptors (Lipinski definition) is 5. The Bertz CT molecular complexity index is 868. The van der Waals surface area contributed by atoms with Gasteiger partial charge < -0.3 is 10.4 Å². The van der Waals surface area contributed by atoms with Crippen molar-refractivity contribution in [1.82, 2.24) is 25.0 Å². The molecule has 7 nitrogen and oxygen atoms in total. The summed E-state index contributed by atoms with van der Waals surface area (Å²) in [5.41, 5.74) is 1.57. The number of hydrogen-bond donors (Lipinski definition) is 2. The van der Waals surface area contributed by atoms with E-state index in [1.54, 1.807) is 18.3 Å². The van der Waals surface area contributed by atoms with Crippen LogP contribution in [0.4, 0.5) is 13.2 Å². The molecule has 2 atom stereocenters. The van der Waals surface area contributed by atoms with Gasteiger partial charge in [-0.3, -0.25) is 9.69 Å². The van der Waals surface area contributed by atoms with Crippen LogP contribution < -0.4 is 5.32 Å². The van der Waals surface area contributed by atoms with Gasteiger partial charge in [-0.15, -0.1) is 0 Å². The zero-order valence-electron chi connectivity index (χ0n) is 15.0. The number of amides is 1. The second-order valence-corrected chi connectivity index (χ2v) is 7.20. The molecule has 4 rings (SSSR count). The third kappa shape index (κ3) is 3.56. The molecule has 2 unspecified atom stereocenters. The van der Waals surface area contributed by atoms with Crippen LogP contribution in [0.25, 0.3) is 5.82 Å². The van der Waals surface area contributed by atoms with Crippen molar-refractivity contribution in [3.8, 4) is 11.7 Å². The van der Waals surface area contributed by atoms with E-state index in [9.17, 15) is 23.1 Å². The Morgan fingerprint density at radius 1 is 1.29 bits per heavy atom. The van der Waals surface area contributed by atoms with Gasteiger partial charge in [0, 0.05) is 36.9 Å². The topological polar surface area (TPSA) is 83.3 Å². The van der Waals surface area contributed by atoms with Crippen molar-refractivity contribution in [1.29, 1.82) is 0 Å². The zero-order chi connectivity index (χ0) is 19.9. The largest absolute Gasteiger partial charge is 0.493 e. The summed E-state index contributed by atoms with van der Waals surface area (Å²) in [4.78, 5) is 17.4. The quantitative estimate of drug-likeness (QED) is 0.825. The molecule has 2 aromatic heterocycles. The van der Waals surface area contributed by atoms with Gasteiger partial charge in [0.25, 0.3) is 0 Å². The molecule has 2 aromatic rings. The highest BCUT2D eigenvalue weighted by molar-refractivity contribution is 5.82.